The maximum absolute atomic E-state index is 12.2. The lowest BCUT2D eigenvalue weighted by molar-refractivity contribution is -0.120. The van der Waals surface area contributed by atoms with Crippen molar-refractivity contribution in [1.29, 1.82) is 0 Å². The zero-order valence-corrected chi connectivity index (χ0v) is 12.8. The molecule has 1 rings (SSSR count). The van der Waals surface area contributed by atoms with Crippen LogP contribution < -0.4 is 11.1 Å². The molecule has 0 heterocycles. The molecule has 0 aliphatic carbocycles. The fraction of sp³-hybridized carbons (Fsp3) is 0.462. The average molecular weight is 304 g/mol. The van der Waals surface area contributed by atoms with Crippen LogP contribution in [0.5, 0.6) is 0 Å². The number of nitrogens with zero attached hydrogens (tertiary/aromatic N) is 1. The predicted molar refractivity (Wildman–Crippen MR) is 81.9 cm³/mol. The molecule has 1 atom stereocenters. The molecule has 6 heteroatoms. The van der Waals surface area contributed by atoms with Gasteiger partial charge in [-0.1, -0.05) is 37.0 Å². The molecule has 106 valence electrons. The molecule has 1 aromatic rings. The molecule has 1 unspecified atom stereocenters. The Morgan fingerprint density at radius 3 is 2.42 bits per heavy atom. The molecule has 0 aromatic heterocycles. The van der Waals surface area contributed by atoms with Crippen molar-refractivity contribution >= 4 is 40.5 Å². The van der Waals surface area contributed by atoms with Crippen LogP contribution in [0, 0.1) is 0 Å². The zero-order chi connectivity index (χ0) is 14.6. The second-order valence-corrected chi connectivity index (χ2v) is 5.08. The zero-order valence-electron chi connectivity index (χ0n) is 11.3. The number of anilines is 2. The number of nitrogens with one attached hydrogen (secondary N) is 1. The van der Waals surface area contributed by atoms with Gasteiger partial charge in [0, 0.05) is 5.02 Å². The van der Waals surface area contributed by atoms with Crippen molar-refractivity contribution in [2.75, 3.05) is 24.1 Å². The Morgan fingerprint density at radius 2 is 1.95 bits per heavy atom. The largest absolute Gasteiger partial charge is 0.397 e. The summed E-state index contributed by atoms with van der Waals surface area (Å²) in [5, 5.41) is 3.54. The van der Waals surface area contributed by atoms with Crippen LogP contribution in [0.2, 0.25) is 10.0 Å². The van der Waals surface area contributed by atoms with E-state index in [1.165, 1.54) is 0 Å². The van der Waals surface area contributed by atoms with Crippen LogP contribution in [0.3, 0.4) is 0 Å². The molecule has 0 aliphatic heterocycles. The smallest absolute Gasteiger partial charge is 0.241 e. The van der Waals surface area contributed by atoms with Gasteiger partial charge in [0.1, 0.15) is 0 Å². The van der Waals surface area contributed by atoms with Gasteiger partial charge in [0.2, 0.25) is 5.91 Å². The van der Waals surface area contributed by atoms with Gasteiger partial charge in [-0.25, -0.2) is 0 Å². The molecule has 0 radical (unpaired) electrons. The Kier molecular flexibility index (Phi) is 5.91. The summed E-state index contributed by atoms with van der Waals surface area (Å²) in [6, 6.07) is 2.86. The SMILES string of the molecule is CCN(CC)C(C)C(=O)Nc1c(N)cc(Cl)cc1Cl. The van der Waals surface area contributed by atoms with Crippen LogP contribution in [-0.2, 0) is 4.79 Å². The summed E-state index contributed by atoms with van der Waals surface area (Å²) in [5.74, 6) is -0.139. The molecule has 0 aliphatic rings. The lowest BCUT2D eigenvalue weighted by Crippen LogP contribution is -2.41. The topological polar surface area (TPSA) is 58.4 Å². The van der Waals surface area contributed by atoms with Gasteiger partial charge in [-0.3, -0.25) is 9.69 Å². The van der Waals surface area contributed by atoms with Gasteiger partial charge < -0.3 is 11.1 Å². The van der Waals surface area contributed by atoms with E-state index >= 15 is 0 Å². The number of benzene rings is 1. The van der Waals surface area contributed by atoms with Crippen molar-refractivity contribution in [3.8, 4) is 0 Å². The maximum atomic E-state index is 12.2. The van der Waals surface area contributed by atoms with Gasteiger partial charge in [-0.2, -0.15) is 0 Å². The lowest BCUT2D eigenvalue weighted by atomic mass is 10.2. The van der Waals surface area contributed by atoms with E-state index in [0.29, 0.717) is 21.4 Å². The molecule has 1 aromatic carbocycles. The Balaban J connectivity index is 2.88. The van der Waals surface area contributed by atoms with Crippen molar-refractivity contribution in [2.45, 2.75) is 26.8 Å². The minimum atomic E-state index is -0.249. The van der Waals surface area contributed by atoms with Gasteiger partial charge >= 0.3 is 0 Å². The van der Waals surface area contributed by atoms with E-state index in [1.54, 1.807) is 12.1 Å². The average Bonchev–Trinajstić information content (AvgIpc) is 2.34. The minimum absolute atomic E-state index is 0.139. The third-order valence-electron chi connectivity index (χ3n) is 3.07. The van der Waals surface area contributed by atoms with Crippen molar-refractivity contribution in [1.82, 2.24) is 4.90 Å². The molecule has 0 spiro atoms. The van der Waals surface area contributed by atoms with Crippen LogP contribution in [0.25, 0.3) is 0 Å². The number of carbonyl (C=O) groups is 1. The molecule has 19 heavy (non-hydrogen) atoms. The molecular formula is C13H19Cl2N3O. The molecule has 0 saturated heterocycles. The number of hydrogen-bond acceptors (Lipinski definition) is 3. The van der Waals surface area contributed by atoms with E-state index in [9.17, 15) is 4.79 Å². The van der Waals surface area contributed by atoms with Gasteiger partial charge in [0.05, 0.1) is 22.4 Å². The van der Waals surface area contributed by atoms with Crippen LogP contribution in [0.1, 0.15) is 20.8 Å². The first-order chi connectivity index (χ1) is 8.90. The summed E-state index contributed by atoms with van der Waals surface area (Å²) in [7, 11) is 0. The van der Waals surface area contributed by atoms with Crippen LogP contribution in [-0.4, -0.2) is 29.9 Å². The maximum Gasteiger partial charge on any atom is 0.241 e. The molecule has 0 fully saturated rings. The fourth-order valence-electron chi connectivity index (χ4n) is 1.89. The van der Waals surface area contributed by atoms with Gasteiger partial charge in [0.25, 0.3) is 0 Å². The molecule has 3 N–H and O–H groups in total. The number of amides is 1. The Labute approximate surface area is 123 Å². The summed E-state index contributed by atoms with van der Waals surface area (Å²) in [5.41, 5.74) is 6.59. The molecule has 1 amide bonds. The predicted octanol–water partition coefficient (Wildman–Crippen LogP) is 3.24. The second kappa shape index (κ2) is 6.98. The van der Waals surface area contributed by atoms with E-state index < -0.39 is 0 Å². The van der Waals surface area contributed by atoms with Gasteiger partial charge in [-0.15, -0.1) is 0 Å². The van der Waals surface area contributed by atoms with Crippen molar-refractivity contribution in [3.63, 3.8) is 0 Å². The molecular weight excluding hydrogens is 285 g/mol. The lowest BCUT2D eigenvalue weighted by Gasteiger charge is -2.25. The number of nitrogens with two attached hydrogens (primary N) is 1. The number of likely N-dealkylation sites (N-methyl/N-ethyl adjacent to an activating group) is 1. The first kappa shape index (κ1) is 16.1. The number of carbonyl (C=O) groups excluding carboxylic acids is 1. The summed E-state index contributed by atoms with van der Waals surface area (Å²) in [6.07, 6.45) is 0. The minimum Gasteiger partial charge on any atom is -0.397 e. The van der Waals surface area contributed by atoms with E-state index in [4.69, 9.17) is 28.9 Å². The number of rotatable bonds is 5. The first-order valence-electron chi connectivity index (χ1n) is 6.20. The van der Waals surface area contributed by atoms with Crippen LogP contribution in [0.4, 0.5) is 11.4 Å². The summed E-state index contributed by atoms with van der Waals surface area (Å²) >= 11 is 11.9. The first-order valence-corrected chi connectivity index (χ1v) is 6.95. The highest BCUT2D eigenvalue weighted by Crippen LogP contribution is 2.32. The van der Waals surface area contributed by atoms with E-state index in [1.807, 2.05) is 25.7 Å². The van der Waals surface area contributed by atoms with E-state index in [0.717, 1.165) is 13.1 Å². The van der Waals surface area contributed by atoms with Crippen molar-refractivity contribution in [2.24, 2.45) is 0 Å². The Bertz CT molecular complexity index is 438. The number of hydrogen-bond donors (Lipinski definition) is 2. The molecule has 0 saturated carbocycles. The van der Waals surface area contributed by atoms with Crippen LogP contribution in [0.15, 0.2) is 12.1 Å². The van der Waals surface area contributed by atoms with E-state index in [2.05, 4.69) is 5.32 Å². The normalized spacial score (nSPS) is 12.5. The van der Waals surface area contributed by atoms with Gasteiger partial charge in [-0.05, 0) is 32.1 Å². The highest BCUT2D eigenvalue weighted by molar-refractivity contribution is 6.37. The van der Waals surface area contributed by atoms with Crippen molar-refractivity contribution in [3.05, 3.63) is 22.2 Å². The third-order valence-corrected chi connectivity index (χ3v) is 3.59. The standard InChI is InChI=1S/C13H19Cl2N3O/c1-4-18(5-2)8(3)13(19)17-12-10(15)6-9(14)7-11(12)16/h6-8H,4-5,16H2,1-3H3,(H,17,19). The Morgan fingerprint density at radius 1 is 1.37 bits per heavy atom. The van der Waals surface area contributed by atoms with Crippen molar-refractivity contribution < 1.29 is 4.79 Å². The summed E-state index contributed by atoms with van der Waals surface area (Å²) in [4.78, 5) is 14.2. The number of halogens is 2. The second-order valence-electron chi connectivity index (χ2n) is 4.24. The molecule has 0 bridgehead atoms. The highest BCUT2D eigenvalue weighted by atomic mass is 35.5. The third kappa shape index (κ3) is 4.00. The summed E-state index contributed by atoms with van der Waals surface area (Å²) < 4.78 is 0. The number of nitrogen functional groups attached to an aromatic ring is 1. The molecule has 4 nitrogen and oxygen atoms in total. The van der Waals surface area contributed by atoms with Crippen LogP contribution >= 0.6 is 23.2 Å². The quantitative estimate of drug-likeness (QED) is 0.821. The fourth-order valence-corrected chi connectivity index (χ4v) is 2.45. The Hall–Kier alpha value is -0.970. The monoisotopic (exact) mass is 303 g/mol. The van der Waals surface area contributed by atoms with E-state index in [-0.39, 0.29) is 11.9 Å². The van der Waals surface area contributed by atoms with Gasteiger partial charge in [0.15, 0.2) is 0 Å². The highest BCUT2D eigenvalue weighted by Gasteiger charge is 2.20. The summed E-state index contributed by atoms with van der Waals surface area (Å²) in [6.45, 7) is 7.47.